The predicted molar refractivity (Wildman–Crippen MR) is 101 cm³/mol. The first-order valence-corrected chi connectivity index (χ1v) is 8.69. The SMILES string of the molecule is CN1Cc2cn(C)cc2-c2ccc(Cl)cc2C1c1ccccc1Cl. The summed E-state index contributed by atoms with van der Waals surface area (Å²) in [7, 11) is 4.20. The number of nitrogens with zero attached hydrogens (tertiary/aromatic N) is 2. The molecule has 0 radical (unpaired) electrons. The highest BCUT2D eigenvalue weighted by molar-refractivity contribution is 6.31. The van der Waals surface area contributed by atoms with Gasteiger partial charge in [-0.25, -0.2) is 0 Å². The Morgan fingerprint density at radius 3 is 2.50 bits per heavy atom. The summed E-state index contributed by atoms with van der Waals surface area (Å²) >= 11 is 12.9. The molecule has 0 N–H and O–H groups in total. The van der Waals surface area contributed by atoms with E-state index in [4.69, 9.17) is 23.2 Å². The molecule has 2 nitrogen and oxygen atoms in total. The molecule has 4 heteroatoms. The van der Waals surface area contributed by atoms with Crippen LogP contribution in [0, 0.1) is 0 Å². The van der Waals surface area contributed by atoms with E-state index in [-0.39, 0.29) is 6.04 Å². The Morgan fingerprint density at radius 1 is 0.917 bits per heavy atom. The molecule has 0 spiro atoms. The maximum atomic E-state index is 6.53. The number of hydrogen-bond acceptors (Lipinski definition) is 1. The van der Waals surface area contributed by atoms with Crippen molar-refractivity contribution < 1.29 is 0 Å². The minimum atomic E-state index is 0.0742. The van der Waals surface area contributed by atoms with Gasteiger partial charge in [-0.1, -0.05) is 47.5 Å². The number of fused-ring (bicyclic) bond motifs is 3. The van der Waals surface area contributed by atoms with Crippen molar-refractivity contribution in [1.29, 1.82) is 0 Å². The molecule has 24 heavy (non-hydrogen) atoms. The third-order valence-corrected chi connectivity index (χ3v) is 5.28. The van der Waals surface area contributed by atoms with E-state index in [9.17, 15) is 0 Å². The smallest absolute Gasteiger partial charge is 0.0623 e. The molecule has 2 aromatic carbocycles. The molecule has 0 saturated heterocycles. The lowest BCUT2D eigenvalue weighted by atomic mass is 9.92. The summed E-state index contributed by atoms with van der Waals surface area (Å²) in [5.41, 5.74) is 6.12. The van der Waals surface area contributed by atoms with Gasteiger partial charge in [0.2, 0.25) is 0 Å². The highest BCUT2D eigenvalue weighted by Gasteiger charge is 2.29. The fourth-order valence-electron chi connectivity index (χ4n) is 3.71. The van der Waals surface area contributed by atoms with Gasteiger partial charge in [-0.15, -0.1) is 0 Å². The molecule has 1 atom stereocenters. The van der Waals surface area contributed by atoms with Crippen molar-refractivity contribution in [3.63, 3.8) is 0 Å². The number of halogens is 2. The summed E-state index contributed by atoms with van der Waals surface area (Å²) in [6.45, 7) is 0.859. The van der Waals surface area contributed by atoms with Crippen LogP contribution < -0.4 is 0 Å². The Labute approximate surface area is 152 Å². The fourth-order valence-corrected chi connectivity index (χ4v) is 4.13. The number of benzene rings is 2. The van der Waals surface area contributed by atoms with E-state index < -0.39 is 0 Å². The van der Waals surface area contributed by atoms with Crippen molar-refractivity contribution in [2.45, 2.75) is 12.6 Å². The molecule has 0 bridgehead atoms. The van der Waals surface area contributed by atoms with Gasteiger partial charge in [0.1, 0.15) is 0 Å². The molecule has 1 aromatic heterocycles. The minimum absolute atomic E-state index is 0.0742. The molecule has 0 saturated carbocycles. The molecule has 0 amide bonds. The first kappa shape index (κ1) is 15.8. The van der Waals surface area contributed by atoms with Gasteiger partial charge in [0, 0.05) is 41.6 Å². The zero-order valence-electron chi connectivity index (χ0n) is 13.6. The lowest BCUT2D eigenvalue weighted by molar-refractivity contribution is 0.274. The van der Waals surface area contributed by atoms with Gasteiger partial charge in [-0.3, -0.25) is 4.90 Å². The van der Waals surface area contributed by atoms with E-state index >= 15 is 0 Å². The van der Waals surface area contributed by atoms with Crippen LogP contribution in [0.1, 0.15) is 22.7 Å². The summed E-state index contributed by atoms with van der Waals surface area (Å²) in [5.74, 6) is 0. The second-order valence-corrected chi connectivity index (χ2v) is 7.28. The summed E-state index contributed by atoms with van der Waals surface area (Å²) < 4.78 is 2.12. The average Bonchev–Trinajstić information content (AvgIpc) is 2.85. The third kappa shape index (κ3) is 2.55. The molecule has 4 rings (SSSR count). The lowest BCUT2D eigenvalue weighted by Crippen LogP contribution is -2.24. The highest BCUT2D eigenvalue weighted by Crippen LogP contribution is 2.43. The topological polar surface area (TPSA) is 8.17 Å². The Balaban J connectivity index is 2.00. The van der Waals surface area contributed by atoms with E-state index in [2.05, 4.69) is 54.2 Å². The molecule has 2 heterocycles. The molecular weight excluding hydrogens is 339 g/mol. The molecule has 122 valence electrons. The van der Waals surface area contributed by atoms with Gasteiger partial charge < -0.3 is 4.57 Å². The molecule has 3 aromatic rings. The fraction of sp³-hybridized carbons (Fsp3) is 0.200. The standard InChI is InChI=1S/C20H18Cl2N2/c1-23-10-13-11-24(2)20(16-5-3-4-6-19(16)22)17-9-14(21)7-8-15(17)18(13)12-23/h3-10,12,20H,11H2,1-2H3. The number of hydrogen-bond donors (Lipinski definition) is 0. The van der Waals surface area contributed by atoms with Crippen molar-refractivity contribution in [3.8, 4) is 11.1 Å². The van der Waals surface area contributed by atoms with Gasteiger partial charge in [-0.05, 0) is 47.5 Å². The Morgan fingerprint density at radius 2 is 1.71 bits per heavy atom. The van der Waals surface area contributed by atoms with Crippen LogP contribution in [0.25, 0.3) is 11.1 Å². The second kappa shape index (κ2) is 5.96. The number of rotatable bonds is 1. The van der Waals surface area contributed by atoms with E-state index in [1.807, 2.05) is 24.3 Å². The van der Waals surface area contributed by atoms with E-state index in [0.717, 1.165) is 22.2 Å². The molecule has 0 aliphatic carbocycles. The van der Waals surface area contributed by atoms with Crippen molar-refractivity contribution in [1.82, 2.24) is 9.47 Å². The largest absolute Gasteiger partial charge is 0.356 e. The summed E-state index contributed by atoms with van der Waals surface area (Å²) in [6.07, 6.45) is 4.38. The zero-order valence-corrected chi connectivity index (χ0v) is 15.1. The Kier molecular flexibility index (Phi) is 3.92. The van der Waals surface area contributed by atoms with Crippen LogP contribution in [-0.4, -0.2) is 16.5 Å². The van der Waals surface area contributed by atoms with Crippen LogP contribution in [0.15, 0.2) is 54.9 Å². The molecule has 1 aliphatic heterocycles. The monoisotopic (exact) mass is 356 g/mol. The van der Waals surface area contributed by atoms with Crippen molar-refractivity contribution in [2.75, 3.05) is 7.05 Å². The van der Waals surface area contributed by atoms with Crippen LogP contribution >= 0.6 is 23.2 Å². The van der Waals surface area contributed by atoms with Gasteiger partial charge in [0.25, 0.3) is 0 Å². The van der Waals surface area contributed by atoms with Crippen molar-refractivity contribution in [2.24, 2.45) is 7.05 Å². The maximum absolute atomic E-state index is 6.53. The normalized spacial score (nSPS) is 17.2. The molecular formula is C20H18Cl2N2. The van der Waals surface area contributed by atoms with Gasteiger partial charge in [0.05, 0.1) is 6.04 Å². The summed E-state index contributed by atoms with van der Waals surface area (Å²) in [4.78, 5) is 2.34. The van der Waals surface area contributed by atoms with E-state index in [0.29, 0.717) is 0 Å². The van der Waals surface area contributed by atoms with E-state index in [1.54, 1.807) is 0 Å². The second-order valence-electron chi connectivity index (χ2n) is 6.43. The maximum Gasteiger partial charge on any atom is 0.0623 e. The highest BCUT2D eigenvalue weighted by atomic mass is 35.5. The summed E-state index contributed by atoms with van der Waals surface area (Å²) in [5, 5.41) is 1.53. The Hall–Kier alpha value is -1.74. The predicted octanol–water partition coefficient (Wildman–Crippen LogP) is 5.53. The van der Waals surface area contributed by atoms with Crippen molar-refractivity contribution >= 4 is 23.2 Å². The van der Waals surface area contributed by atoms with Crippen LogP contribution in [0.5, 0.6) is 0 Å². The zero-order chi connectivity index (χ0) is 16.8. The minimum Gasteiger partial charge on any atom is -0.356 e. The van der Waals surface area contributed by atoms with Gasteiger partial charge >= 0.3 is 0 Å². The van der Waals surface area contributed by atoms with Crippen LogP contribution in [-0.2, 0) is 13.6 Å². The number of aromatic nitrogens is 1. The average molecular weight is 357 g/mol. The van der Waals surface area contributed by atoms with E-state index in [1.165, 1.54) is 22.3 Å². The van der Waals surface area contributed by atoms with Crippen molar-refractivity contribution in [3.05, 3.63) is 81.6 Å². The van der Waals surface area contributed by atoms with Crippen LogP contribution in [0.4, 0.5) is 0 Å². The lowest BCUT2D eigenvalue weighted by Gasteiger charge is -2.29. The summed E-state index contributed by atoms with van der Waals surface area (Å²) in [6, 6.07) is 14.3. The van der Waals surface area contributed by atoms with Crippen LogP contribution in [0.2, 0.25) is 10.0 Å². The third-order valence-electron chi connectivity index (χ3n) is 4.70. The first-order valence-electron chi connectivity index (χ1n) is 7.94. The molecule has 1 aliphatic rings. The molecule has 1 unspecified atom stereocenters. The quantitative estimate of drug-likeness (QED) is 0.556. The Bertz CT molecular complexity index is 914. The first-order chi connectivity index (χ1) is 11.5. The number of aryl methyl sites for hydroxylation is 1. The van der Waals surface area contributed by atoms with Gasteiger partial charge in [-0.2, -0.15) is 0 Å². The molecule has 0 fully saturated rings. The van der Waals surface area contributed by atoms with Gasteiger partial charge in [0.15, 0.2) is 0 Å². The van der Waals surface area contributed by atoms with Crippen LogP contribution in [0.3, 0.4) is 0 Å².